The third kappa shape index (κ3) is 2.61. The second-order valence-electron chi connectivity index (χ2n) is 4.53. The average molecular weight is 234 g/mol. The normalized spacial score (nSPS) is 25.8. The quantitative estimate of drug-likeness (QED) is 0.823. The Morgan fingerprint density at radius 1 is 1.53 bits per heavy atom. The summed E-state index contributed by atoms with van der Waals surface area (Å²) >= 11 is 0. The standard InChI is InChI=1S/C12H18N4O/c1-9-4-6-16(11-3-5-14-8-15-11)12(17)10(7-9)13-2/h3,5,8-10,13H,4,6-7H2,1-2H3. The maximum absolute atomic E-state index is 12.3. The largest absolute Gasteiger partial charge is 0.309 e. The summed E-state index contributed by atoms with van der Waals surface area (Å²) in [5.41, 5.74) is 0. The number of amides is 1. The van der Waals surface area contributed by atoms with Gasteiger partial charge in [0.15, 0.2) is 0 Å². The number of anilines is 1. The summed E-state index contributed by atoms with van der Waals surface area (Å²) in [7, 11) is 1.83. The molecule has 2 heterocycles. The zero-order valence-electron chi connectivity index (χ0n) is 10.3. The second kappa shape index (κ2) is 5.23. The minimum absolute atomic E-state index is 0.107. The first-order valence-corrected chi connectivity index (χ1v) is 5.97. The first kappa shape index (κ1) is 12.0. The highest BCUT2D eigenvalue weighted by molar-refractivity contribution is 5.96. The van der Waals surface area contributed by atoms with Crippen LogP contribution < -0.4 is 10.2 Å². The summed E-state index contributed by atoms with van der Waals surface area (Å²) in [5, 5.41) is 3.09. The average Bonchev–Trinajstić information content (AvgIpc) is 2.50. The first-order valence-electron chi connectivity index (χ1n) is 5.97. The van der Waals surface area contributed by atoms with Crippen LogP contribution in [0.2, 0.25) is 0 Å². The highest BCUT2D eigenvalue weighted by Crippen LogP contribution is 2.21. The maximum Gasteiger partial charge on any atom is 0.245 e. The number of rotatable bonds is 2. The lowest BCUT2D eigenvalue weighted by Crippen LogP contribution is -2.44. The molecule has 1 fully saturated rings. The molecule has 0 spiro atoms. The lowest BCUT2D eigenvalue weighted by Gasteiger charge is -2.22. The van der Waals surface area contributed by atoms with E-state index in [-0.39, 0.29) is 11.9 Å². The predicted octanol–water partition coefficient (Wildman–Crippen LogP) is 0.827. The molecular formula is C12H18N4O. The van der Waals surface area contributed by atoms with Crippen molar-refractivity contribution in [1.82, 2.24) is 15.3 Å². The number of hydrogen-bond donors (Lipinski definition) is 1. The van der Waals surface area contributed by atoms with E-state index >= 15 is 0 Å². The summed E-state index contributed by atoms with van der Waals surface area (Å²) in [6, 6.07) is 1.67. The molecule has 0 saturated carbocycles. The SMILES string of the molecule is CNC1CC(C)CCN(c2ccncn2)C1=O. The highest BCUT2D eigenvalue weighted by Gasteiger charge is 2.29. The molecule has 92 valence electrons. The van der Waals surface area contributed by atoms with Crippen LogP contribution in [0.1, 0.15) is 19.8 Å². The van der Waals surface area contributed by atoms with E-state index in [0.717, 1.165) is 19.4 Å². The molecule has 5 nitrogen and oxygen atoms in total. The summed E-state index contributed by atoms with van der Waals surface area (Å²) < 4.78 is 0. The number of likely N-dealkylation sites (N-methyl/N-ethyl adjacent to an activating group) is 1. The molecule has 1 aliphatic heterocycles. The monoisotopic (exact) mass is 234 g/mol. The minimum Gasteiger partial charge on any atom is -0.309 e. The van der Waals surface area contributed by atoms with Gasteiger partial charge in [0.05, 0.1) is 6.04 Å². The van der Waals surface area contributed by atoms with Crippen LogP contribution in [0.15, 0.2) is 18.6 Å². The van der Waals surface area contributed by atoms with Gasteiger partial charge in [-0.15, -0.1) is 0 Å². The Morgan fingerprint density at radius 2 is 2.35 bits per heavy atom. The Kier molecular flexibility index (Phi) is 3.68. The molecule has 5 heteroatoms. The lowest BCUT2D eigenvalue weighted by molar-refractivity contribution is -0.120. The molecule has 0 radical (unpaired) electrons. The molecule has 1 saturated heterocycles. The molecule has 1 amide bonds. The summed E-state index contributed by atoms with van der Waals surface area (Å²) in [5.74, 6) is 1.35. The molecule has 2 unspecified atom stereocenters. The van der Waals surface area contributed by atoms with Crippen molar-refractivity contribution in [2.24, 2.45) is 5.92 Å². The van der Waals surface area contributed by atoms with Crippen LogP contribution in [0.5, 0.6) is 0 Å². The van der Waals surface area contributed by atoms with Crippen LogP contribution in [0, 0.1) is 5.92 Å². The van der Waals surface area contributed by atoms with Crippen molar-refractivity contribution in [3.63, 3.8) is 0 Å². The Hall–Kier alpha value is -1.49. The van der Waals surface area contributed by atoms with E-state index in [2.05, 4.69) is 22.2 Å². The molecule has 1 aromatic rings. The van der Waals surface area contributed by atoms with E-state index in [1.807, 2.05) is 7.05 Å². The molecule has 1 N–H and O–H groups in total. The molecule has 1 aromatic heterocycles. The number of hydrogen-bond acceptors (Lipinski definition) is 4. The van der Waals surface area contributed by atoms with Crippen molar-refractivity contribution in [3.8, 4) is 0 Å². The van der Waals surface area contributed by atoms with Crippen molar-refractivity contribution < 1.29 is 4.79 Å². The van der Waals surface area contributed by atoms with Crippen LogP contribution in [0.3, 0.4) is 0 Å². The van der Waals surface area contributed by atoms with E-state index in [1.165, 1.54) is 6.33 Å². The van der Waals surface area contributed by atoms with Gasteiger partial charge in [-0.25, -0.2) is 9.97 Å². The zero-order chi connectivity index (χ0) is 12.3. The lowest BCUT2D eigenvalue weighted by atomic mass is 10.0. The minimum atomic E-state index is -0.109. The van der Waals surface area contributed by atoms with Gasteiger partial charge in [0.2, 0.25) is 5.91 Å². The summed E-state index contributed by atoms with van der Waals surface area (Å²) in [6.07, 6.45) is 5.04. The van der Waals surface area contributed by atoms with Crippen LogP contribution in [0.25, 0.3) is 0 Å². The maximum atomic E-state index is 12.3. The molecule has 0 bridgehead atoms. The van der Waals surface area contributed by atoms with E-state index < -0.39 is 0 Å². The number of nitrogens with one attached hydrogen (secondary N) is 1. The molecular weight excluding hydrogens is 216 g/mol. The van der Waals surface area contributed by atoms with Gasteiger partial charge in [-0.05, 0) is 31.9 Å². The van der Waals surface area contributed by atoms with Gasteiger partial charge < -0.3 is 5.32 Å². The fraction of sp³-hybridized carbons (Fsp3) is 0.583. The summed E-state index contributed by atoms with van der Waals surface area (Å²) in [6.45, 7) is 2.91. The van der Waals surface area contributed by atoms with Crippen molar-refractivity contribution in [2.45, 2.75) is 25.8 Å². The van der Waals surface area contributed by atoms with Crippen LogP contribution in [0.4, 0.5) is 5.82 Å². The summed E-state index contributed by atoms with van der Waals surface area (Å²) in [4.78, 5) is 22.1. The zero-order valence-corrected chi connectivity index (χ0v) is 10.3. The van der Waals surface area contributed by atoms with Gasteiger partial charge >= 0.3 is 0 Å². The van der Waals surface area contributed by atoms with Crippen molar-refractivity contribution in [1.29, 1.82) is 0 Å². The number of nitrogens with zero attached hydrogens (tertiary/aromatic N) is 3. The fourth-order valence-electron chi connectivity index (χ4n) is 2.18. The molecule has 17 heavy (non-hydrogen) atoms. The Morgan fingerprint density at radius 3 is 3.00 bits per heavy atom. The smallest absolute Gasteiger partial charge is 0.245 e. The van der Waals surface area contributed by atoms with E-state index in [9.17, 15) is 4.79 Å². The second-order valence-corrected chi connectivity index (χ2v) is 4.53. The highest BCUT2D eigenvalue weighted by atomic mass is 16.2. The molecule has 1 aliphatic rings. The van der Waals surface area contributed by atoms with Gasteiger partial charge in [0.25, 0.3) is 0 Å². The topological polar surface area (TPSA) is 58.1 Å². The van der Waals surface area contributed by atoms with Gasteiger partial charge in [-0.3, -0.25) is 9.69 Å². The van der Waals surface area contributed by atoms with Gasteiger partial charge in [-0.2, -0.15) is 0 Å². The van der Waals surface area contributed by atoms with E-state index in [0.29, 0.717) is 11.7 Å². The third-order valence-corrected chi connectivity index (χ3v) is 3.24. The Balaban J connectivity index is 2.24. The number of carbonyl (C=O) groups is 1. The van der Waals surface area contributed by atoms with Crippen molar-refractivity contribution in [2.75, 3.05) is 18.5 Å². The predicted molar refractivity (Wildman–Crippen MR) is 65.6 cm³/mol. The van der Waals surface area contributed by atoms with Gasteiger partial charge in [-0.1, -0.05) is 6.92 Å². The van der Waals surface area contributed by atoms with E-state index in [4.69, 9.17) is 0 Å². The fourth-order valence-corrected chi connectivity index (χ4v) is 2.18. The van der Waals surface area contributed by atoms with Crippen molar-refractivity contribution >= 4 is 11.7 Å². The Labute approximate surface area is 101 Å². The molecule has 2 atom stereocenters. The number of aromatic nitrogens is 2. The molecule has 0 aromatic carbocycles. The van der Waals surface area contributed by atoms with E-state index in [1.54, 1.807) is 17.2 Å². The van der Waals surface area contributed by atoms with Crippen LogP contribution >= 0.6 is 0 Å². The molecule has 2 rings (SSSR count). The molecule has 0 aliphatic carbocycles. The van der Waals surface area contributed by atoms with Gasteiger partial charge in [0.1, 0.15) is 12.1 Å². The first-order chi connectivity index (χ1) is 8.22. The third-order valence-electron chi connectivity index (χ3n) is 3.24. The van der Waals surface area contributed by atoms with Crippen LogP contribution in [-0.4, -0.2) is 35.5 Å². The Bertz CT molecular complexity index is 381. The van der Waals surface area contributed by atoms with Crippen LogP contribution in [-0.2, 0) is 4.79 Å². The van der Waals surface area contributed by atoms with Gasteiger partial charge in [0, 0.05) is 12.7 Å². The number of carbonyl (C=O) groups excluding carboxylic acids is 1. The van der Waals surface area contributed by atoms with Crippen molar-refractivity contribution in [3.05, 3.63) is 18.6 Å².